The molecule has 0 unspecified atom stereocenters. The van der Waals surface area contributed by atoms with Gasteiger partial charge in [-0.1, -0.05) is 60.7 Å². The first-order valence-electron chi connectivity index (χ1n) is 7.26. The summed E-state index contributed by atoms with van der Waals surface area (Å²) in [7, 11) is 0. The van der Waals surface area contributed by atoms with Gasteiger partial charge in [0.1, 0.15) is 6.33 Å². The molecular weight excluding hydrogens is 268 g/mol. The summed E-state index contributed by atoms with van der Waals surface area (Å²) < 4.78 is 0. The van der Waals surface area contributed by atoms with Gasteiger partial charge in [-0.15, -0.1) is 0 Å². The number of fused-ring (bicyclic) bond motifs is 1. The van der Waals surface area contributed by atoms with E-state index in [9.17, 15) is 0 Å². The highest BCUT2D eigenvalue weighted by Crippen LogP contribution is 2.26. The lowest BCUT2D eigenvalue weighted by atomic mass is 10.00. The summed E-state index contributed by atoms with van der Waals surface area (Å²) in [6.45, 7) is 0. The fraction of sp³-hybridized carbons (Fsp3) is 0. The van der Waals surface area contributed by atoms with Gasteiger partial charge in [0.25, 0.3) is 0 Å². The lowest BCUT2D eigenvalue weighted by Gasteiger charge is -2.06. The fourth-order valence-electron chi connectivity index (χ4n) is 2.66. The third-order valence-corrected chi connectivity index (χ3v) is 3.85. The number of hydrogen-bond acceptors (Lipinski definition) is 2. The van der Waals surface area contributed by atoms with E-state index in [0.717, 1.165) is 11.3 Å². The molecule has 4 aromatic rings. The molecule has 2 nitrogen and oxygen atoms in total. The monoisotopic (exact) mass is 282 g/mol. The van der Waals surface area contributed by atoms with E-state index in [2.05, 4.69) is 76.7 Å². The Hall–Kier alpha value is -3.00. The van der Waals surface area contributed by atoms with Crippen molar-refractivity contribution in [2.75, 3.05) is 0 Å². The Balaban J connectivity index is 1.73. The molecule has 0 bridgehead atoms. The number of nitrogens with zero attached hydrogens (tertiary/aromatic N) is 2. The second-order valence-corrected chi connectivity index (χ2v) is 5.23. The molecule has 0 saturated heterocycles. The Labute approximate surface area is 129 Å². The highest BCUT2D eigenvalue weighted by atomic mass is 14.8. The zero-order valence-corrected chi connectivity index (χ0v) is 12.0. The van der Waals surface area contributed by atoms with Crippen LogP contribution < -0.4 is 0 Å². The van der Waals surface area contributed by atoms with Crippen LogP contribution in [-0.2, 0) is 0 Å². The molecular formula is C20H14N2. The van der Waals surface area contributed by atoms with E-state index in [1.165, 1.54) is 21.9 Å². The first-order chi connectivity index (χ1) is 10.9. The van der Waals surface area contributed by atoms with Crippen molar-refractivity contribution < 1.29 is 0 Å². The van der Waals surface area contributed by atoms with Crippen molar-refractivity contribution in [2.45, 2.75) is 0 Å². The van der Waals surface area contributed by atoms with Crippen LogP contribution in [0.2, 0.25) is 0 Å². The molecule has 0 atom stereocenters. The molecule has 1 aromatic heterocycles. The highest BCUT2D eigenvalue weighted by molar-refractivity contribution is 5.87. The van der Waals surface area contributed by atoms with Gasteiger partial charge in [-0.25, -0.2) is 9.97 Å². The average molecular weight is 282 g/mol. The van der Waals surface area contributed by atoms with E-state index in [4.69, 9.17) is 0 Å². The minimum absolute atomic E-state index is 0.945. The second-order valence-electron chi connectivity index (χ2n) is 5.23. The van der Waals surface area contributed by atoms with Gasteiger partial charge < -0.3 is 0 Å². The molecule has 0 fully saturated rings. The highest BCUT2D eigenvalue weighted by Gasteiger charge is 2.02. The SMILES string of the molecule is c1ccc2cc(-c3ccc(-c4ccncn4)cc3)ccc2c1. The summed E-state index contributed by atoms with van der Waals surface area (Å²) in [6, 6.07) is 25.4. The summed E-state index contributed by atoms with van der Waals surface area (Å²) in [4.78, 5) is 8.24. The standard InChI is InChI=1S/C20H14N2/c1-2-4-18-13-19(10-7-15(18)3-1)16-5-8-17(9-6-16)20-11-12-21-14-22-20/h1-14H. The zero-order chi connectivity index (χ0) is 14.8. The first-order valence-corrected chi connectivity index (χ1v) is 7.26. The molecule has 0 aliphatic heterocycles. The summed E-state index contributed by atoms with van der Waals surface area (Å²) in [5, 5.41) is 2.53. The van der Waals surface area contributed by atoms with Gasteiger partial charge in [-0.2, -0.15) is 0 Å². The number of rotatable bonds is 2. The van der Waals surface area contributed by atoms with Crippen molar-refractivity contribution in [1.82, 2.24) is 9.97 Å². The van der Waals surface area contributed by atoms with Crippen molar-refractivity contribution in [3.05, 3.63) is 85.3 Å². The molecule has 0 saturated carbocycles. The molecule has 0 amide bonds. The molecule has 22 heavy (non-hydrogen) atoms. The van der Waals surface area contributed by atoms with Crippen LogP contribution in [0.4, 0.5) is 0 Å². The number of benzene rings is 3. The maximum absolute atomic E-state index is 4.28. The minimum Gasteiger partial charge on any atom is -0.245 e. The lowest BCUT2D eigenvalue weighted by Crippen LogP contribution is -1.84. The third-order valence-electron chi connectivity index (χ3n) is 3.85. The number of hydrogen-bond donors (Lipinski definition) is 0. The molecule has 2 heteroatoms. The normalized spacial score (nSPS) is 10.7. The number of aromatic nitrogens is 2. The Bertz CT molecular complexity index is 913. The molecule has 0 aliphatic carbocycles. The van der Waals surface area contributed by atoms with E-state index in [-0.39, 0.29) is 0 Å². The van der Waals surface area contributed by atoms with Crippen LogP contribution in [0.5, 0.6) is 0 Å². The van der Waals surface area contributed by atoms with Crippen LogP contribution in [0, 0.1) is 0 Å². The first kappa shape index (κ1) is 12.7. The average Bonchev–Trinajstić information content (AvgIpc) is 2.62. The van der Waals surface area contributed by atoms with Crippen molar-refractivity contribution in [3.63, 3.8) is 0 Å². The molecule has 0 aliphatic rings. The van der Waals surface area contributed by atoms with Gasteiger partial charge >= 0.3 is 0 Å². The van der Waals surface area contributed by atoms with Gasteiger partial charge in [0.2, 0.25) is 0 Å². The fourth-order valence-corrected chi connectivity index (χ4v) is 2.66. The van der Waals surface area contributed by atoms with Crippen LogP contribution in [0.25, 0.3) is 33.2 Å². The summed E-state index contributed by atoms with van der Waals surface area (Å²) in [6.07, 6.45) is 3.34. The van der Waals surface area contributed by atoms with Crippen molar-refractivity contribution in [3.8, 4) is 22.4 Å². The summed E-state index contributed by atoms with van der Waals surface area (Å²) in [5.74, 6) is 0. The van der Waals surface area contributed by atoms with Gasteiger partial charge in [0.15, 0.2) is 0 Å². The van der Waals surface area contributed by atoms with Crippen molar-refractivity contribution in [1.29, 1.82) is 0 Å². The van der Waals surface area contributed by atoms with Crippen LogP contribution in [-0.4, -0.2) is 9.97 Å². The van der Waals surface area contributed by atoms with Crippen molar-refractivity contribution >= 4 is 10.8 Å². The maximum atomic E-state index is 4.28. The zero-order valence-electron chi connectivity index (χ0n) is 12.0. The van der Waals surface area contributed by atoms with E-state index in [0.29, 0.717) is 0 Å². The predicted molar refractivity (Wildman–Crippen MR) is 90.4 cm³/mol. The summed E-state index contributed by atoms with van der Waals surface area (Å²) >= 11 is 0. The molecule has 0 radical (unpaired) electrons. The molecule has 3 aromatic carbocycles. The Kier molecular flexibility index (Phi) is 3.13. The van der Waals surface area contributed by atoms with Crippen LogP contribution >= 0.6 is 0 Å². The van der Waals surface area contributed by atoms with Crippen LogP contribution in [0.15, 0.2) is 85.3 Å². The van der Waals surface area contributed by atoms with Crippen LogP contribution in [0.3, 0.4) is 0 Å². The van der Waals surface area contributed by atoms with E-state index in [1.807, 2.05) is 6.07 Å². The quantitative estimate of drug-likeness (QED) is 0.519. The van der Waals surface area contributed by atoms with Crippen LogP contribution in [0.1, 0.15) is 0 Å². The Morgan fingerprint density at radius 2 is 1.32 bits per heavy atom. The second kappa shape index (κ2) is 5.41. The van der Waals surface area contributed by atoms with E-state index >= 15 is 0 Å². The topological polar surface area (TPSA) is 25.8 Å². The largest absolute Gasteiger partial charge is 0.245 e. The molecule has 1 heterocycles. The Morgan fingerprint density at radius 1 is 0.591 bits per heavy atom. The third kappa shape index (κ3) is 2.35. The predicted octanol–water partition coefficient (Wildman–Crippen LogP) is 4.96. The maximum Gasteiger partial charge on any atom is 0.116 e. The summed E-state index contributed by atoms with van der Waals surface area (Å²) in [5.41, 5.74) is 4.49. The minimum atomic E-state index is 0.945. The van der Waals surface area contributed by atoms with E-state index in [1.54, 1.807) is 12.5 Å². The smallest absolute Gasteiger partial charge is 0.116 e. The molecule has 0 N–H and O–H groups in total. The molecule has 4 rings (SSSR count). The van der Waals surface area contributed by atoms with Gasteiger partial charge in [0.05, 0.1) is 5.69 Å². The van der Waals surface area contributed by atoms with Gasteiger partial charge in [0, 0.05) is 11.8 Å². The Morgan fingerprint density at radius 3 is 2.09 bits per heavy atom. The van der Waals surface area contributed by atoms with E-state index < -0.39 is 0 Å². The molecule has 104 valence electrons. The van der Waals surface area contributed by atoms with Gasteiger partial charge in [-0.05, 0) is 34.0 Å². The lowest BCUT2D eigenvalue weighted by molar-refractivity contribution is 1.17. The van der Waals surface area contributed by atoms with Crippen molar-refractivity contribution in [2.24, 2.45) is 0 Å². The van der Waals surface area contributed by atoms with Gasteiger partial charge in [-0.3, -0.25) is 0 Å². The molecule has 0 spiro atoms.